The zero-order valence-electron chi connectivity index (χ0n) is 8.19. The van der Waals surface area contributed by atoms with Crippen LogP contribution in [0.4, 0.5) is 4.79 Å². The number of carbonyl (C=O) groups is 2. The van der Waals surface area contributed by atoms with Gasteiger partial charge in [-0.1, -0.05) is 17.8 Å². The lowest BCUT2D eigenvalue weighted by atomic mass is 10.5. The van der Waals surface area contributed by atoms with E-state index in [1.165, 1.54) is 18.8 Å². The second-order valence-corrected chi connectivity index (χ2v) is 3.58. The van der Waals surface area contributed by atoms with Crippen molar-refractivity contribution in [2.45, 2.75) is 5.03 Å². The van der Waals surface area contributed by atoms with E-state index < -0.39 is 6.03 Å². The van der Waals surface area contributed by atoms with E-state index in [2.05, 4.69) is 15.6 Å². The van der Waals surface area contributed by atoms with Crippen LogP contribution in [0.15, 0.2) is 29.4 Å². The monoisotopic (exact) mass is 225 g/mol. The maximum atomic E-state index is 11.2. The van der Waals surface area contributed by atoms with Gasteiger partial charge in [0.05, 0.1) is 10.8 Å². The molecule has 80 valence electrons. The summed E-state index contributed by atoms with van der Waals surface area (Å²) < 4.78 is 0. The van der Waals surface area contributed by atoms with Crippen LogP contribution in [0.25, 0.3) is 0 Å². The number of pyridine rings is 1. The Hall–Kier alpha value is -1.56. The predicted octanol–water partition coefficient (Wildman–Crippen LogP) is 0.629. The second kappa shape index (κ2) is 6.02. The number of thioether (sulfide) groups is 1. The summed E-state index contributed by atoms with van der Waals surface area (Å²) in [5, 5.41) is 5.21. The van der Waals surface area contributed by atoms with E-state index in [0.717, 1.165) is 5.03 Å². The maximum absolute atomic E-state index is 11.2. The number of hydrogen-bond acceptors (Lipinski definition) is 4. The average Bonchev–Trinajstić information content (AvgIpc) is 2.27. The zero-order chi connectivity index (χ0) is 11.1. The van der Waals surface area contributed by atoms with E-state index in [-0.39, 0.29) is 11.7 Å². The Balaban J connectivity index is 2.32. The van der Waals surface area contributed by atoms with Gasteiger partial charge in [0.1, 0.15) is 0 Å². The van der Waals surface area contributed by atoms with E-state index in [9.17, 15) is 9.59 Å². The second-order valence-electron chi connectivity index (χ2n) is 2.58. The smallest absolute Gasteiger partial charge is 0.321 e. The molecule has 1 heterocycles. The third kappa shape index (κ3) is 4.46. The van der Waals surface area contributed by atoms with E-state index in [0.29, 0.717) is 0 Å². The molecule has 0 saturated heterocycles. The van der Waals surface area contributed by atoms with Crippen LogP contribution in [0, 0.1) is 0 Å². The minimum Gasteiger partial charge on any atom is -0.341 e. The van der Waals surface area contributed by atoms with Crippen molar-refractivity contribution in [2.24, 2.45) is 0 Å². The van der Waals surface area contributed by atoms with Gasteiger partial charge in [-0.25, -0.2) is 9.78 Å². The first-order valence-electron chi connectivity index (χ1n) is 4.28. The number of aromatic nitrogens is 1. The standard InChI is InChI=1S/C9H11N3O2S/c1-10-9(14)12-7(13)6-15-8-4-2-3-5-11-8/h2-5H,6H2,1H3,(H2,10,12,13,14). The van der Waals surface area contributed by atoms with Crippen LogP contribution in [0.1, 0.15) is 0 Å². The van der Waals surface area contributed by atoms with Gasteiger partial charge in [0.25, 0.3) is 0 Å². The Bertz CT molecular complexity index is 342. The molecule has 15 heavy (non-hydrogen) atoms. The number of rotatable bonds is 3. The Labute approximate surface area is 91.7 Å². The van der Waals surface area contributed by atoms with E-state index in [1.54, 1.807) is 18.3 Å². The summed E-state index contributed by atoms with van der Waals surface area (Å²) in [5.74, 6) is -0.172. The summed E-state index contributed by atoms with van der Waals surface area (Å²) in [6.45, 7) is 0. The molecule has 1 aromatic heterocycles. The highest BCUT2D eigenvalue weighted by Gasteiger charge is 2.06. The van der Waals surface area contributed by atoms with Crippen molar-refractivity contribution in [3.8, 4) is 0 Å². The number of hydrogen-bond donors (Lipinski definition) is 2. The van der Waals surface area contributed by atoms with Gasteiger partial charge in [-0.15, -0.1) is 0 Å². The molecule has 0 fully saturated rings. The van der Waals surface area contributed by atoms with Gasteiger partial charge < -0.3 is 5.32 Å². The summed E-state index contributed by atoms with van der Waals surface area (Å²) in [6, 6.07) is 4.94. The van der Waals surface area contributed by atoms with Crippen LogP contribution in [0.5, 0.6) is 0 Å². The van der Waals surface area contributed by atoms with Crippen LogP contribution >= 0.6 is 11.8 Å². The van der Waals surface area contributed by atoms with Crippen LogP contribution in [-0.4, -0.2) is 29.7 Å². The Morgan fingerprint density at radius 1 is 1.47 bits per heavy atom. The molecule has 0 aromatic carbocycles. The van der Waals surface area contributed by atoms with Gasteiger partial charge in [-0.2, -0.15) is 0 Å². The third-order valence-electron chi connectivity index (χ3n) is 1.47. The van der Waals surface area contributed by atoms with Crippen LogP contribution in [0.2, 0.25) is 0 Å². The number of urea groups is 1. The van der Waals surface area contributed by atoms with Crippen molar-refractivity contribution in [3.63, 3.8) is 0 Å². The van der Waals surface area contributed by atoms with E-state index in [4.69, 9.17) is 0 Å². The molecule has 0 aliphatic heterocycles. The summed E-state index contributed by atoms with van der Waals surface area (Å²) in [7, 11) is 1.45. The number of nitrogens with one attached hydrogen (secondary N) is 2. The van der Waals surface area contributed by atoms with E-state index >= 15 is 0 Å². The fourth-order valence-corrected chi connectivity index (χ4v) is 1.46. The Kier molecular flexibility index (Phi) is 4.62. The number of amides is 3. The Morgan fingerprint density at radius 3 is 2.87 bits per heavy atom. The molecule has 0 unspecified atom stereocenters. The van der Waals surface area contributed by atoms with Gasteiger partial charge in [-0.05, 0) is 12.1 Å². The molecule has 0 spiro atoms. The lowest BCUT2D eigenvalue weighted by Crippen LogP contribution is -2.38. The first-order valence-corrected chi connectivity index (χ1v) is 5.26. The minimum absolute atomic E-state index is 0.171. The van der Waals surface area contributed by atoms with Crippen LogP contribution in [-0.2, 0) is 4.79 Å². The van der Waals surface area contributed by atoms with Crippen LogP contribution in [0.3, 0.4) is 0 Å². The molecule has 0 bridgehead atoms. The van der Waals surface area contributed by atoms with Crippen molar-refractivity contribution >= 4 is 23.7 Å². The highest BCUT2D eigenvalue weighted by Crippen LogP contribution is 2.12. The molecule has 3 amide bonds. The largest absolute Gasteiger partial charge is 0.341 e. The third-order valence-corrected chi connectivity index (χ3v) is 2.41. The molecule has 1 aromatic rings. The highest BCUT2D eigenvalue weighted by molar-refractivity contribution is 7.99. The molecule has 0 atom stereocenters. The van der Waals surface area contributed by atoms with Crippen molar-refractivity contribution in [3.05, 3.63) is 24.4 Å². The molecule has 0 aliphatic rings. The lowest BCUT2D eigenvalue weighted by Gasteiger charge is -2.02. The zero-order valence-corrected chi connectivity index (χ0v) is 9.00. The van der Waals surface area contributed by atoms with Gasteiger partial charge in [0, 0.05) is 13.2 Å². The molecule has 2 N–H and O–H groups in total. The fourth-order valence-electron chi connectivity index (χ4n) is 0.797. The topological polar surface area (TPSA) is 71.1 Å². The summed E-state index contributed by atoms with van der Waals surface area (Å²) >= 11 is 1.28. The van der Waals surface area contributed by atoms with Gasteiger partial charge in [0.15, 0.2) is 0 Å². The fraction of sp³-hybridized carbons (Fsp3) is 0.222. The molecule has 6 heteroatoms. The quantitative estimate of drug-likeness (QED) is 0.740. The first kappa shape index (κ1) is 11.5. The molecule has 5 nitrogen and oxygen atoms in total. The molecular formula is C9H11N3O2S. The summed E-state index contributed by atoms with van der Waals surface area (Å²) in [4.78, 5) is 26.0. The summed E-state index contributed by atoms with van der Waals surface area (Å²) in [5.41, 5.74) is 0. The average molecular weight is 225 g/mol. The SMILES string of the molecule is CNC(=O)NC(=O)CSc1ccccn1. The van der Waals surface area contributed by atoms with Crippen LogP contribution < -0.4 is 10.6 Å². The van der Waals surface area contributed by atoms with E-state index in [1.807, 2.05) is 6.07 Å². The summed E-state index contributed by atoms with van der Waals surface area (Å²) in [6.07, 6.45) is 1.65. The first-order chi connectivity index (χ1) is 7.22. The van der Waals surface area contributed by atoms with Gasteiger partial charge in [-0.3, -0.25) is 10.1 Å². The molecule has 0 radical (unpaired) electrons. The van der Waals surface area contributed by atoms with Gasteiger partial charge in [0.2, 0.25) is 5.91 Å². The number of nitrogens with zero attached hydrogens (tertiary/aromatic N) is 1. The maximum Gasteiger partial charge on any atom is 0.321 e. The minimum atomic E-state index is -0.498. The molecule has 0 aliphatic carbocycles. The van der Waals surface area contributed by atoms with Crippen molar-refractivity contribution in [1.82, 2.24) is 15.6 Å². The number of imide groups is 1. The highest BCUT2D eigenvalue weighted by atomic mass is 32.2. The Morgan fingerprint density at radius 2 is 2.27 bits per heavy atom. The number of carbonyl (C=O) groups excluding carboxylic acids is 2. The van der Waals surface area contributed by atoms with Crippen molar-refractivity contribution in [1.29, 1.82) is 0 Å². The molecular weight excluding hydrogens is 214 g/mol. The molecule has 0 saturated carbocycles. The lowest BCUT2D eigenvalue weighted by molar-refractivity contribution is -0.117. The van der Waals surface area contributed by atoms with Gasteiger partial charge >= 0.3 is 6.03 Å². The predicted molar refractivity (Wildman–Crippen MR) is 57.6 cm³/mol. The normalized spacial score (nSPS) is 9.40. The molecule has 1 rings (SSSR count). The van der Waals surface area contributed by atoms with Crippen molar-refractivity contribution in [2.75, 3.05) is 12.8 Å². The van der Waals surface area contributed by atoms with Crippen molar-refractivity contribution < 1.29 is 9.59 Å².